The lowest BCUT2D eigenvalue weighted by Crippen LogP contribution is -2.35. The minimum Gasteiger partial charge on any atom is -0.393 e. The van der Waals surface area contributed by atoms with Gasteiger partial charge >= 0.3 is 0 Å². The van der Waals surface area contributed by atoms with E-state index in [0.29, 0.717) is 36.0 Å². The van der Waals surface area contributed by atoms with Gasteiger partial charge in [-0.25, -0.2) is 0 Å². The standard InChI is InChI=1S/C33H52O3/c1-7-17-33(36,18-8-2)22-23(3)11-12-24(4)29-15-16-30-26(10-9-19-32(29,30)6)13-14-27-20-28(34)21-31(35)25(27)5/h11-14,22,24,28-31,34-36H,5,7-10,15-21H2,1-4,6H3/b12-11+,23-22+,26-13+,27-14-/t24-,28-,29?,30?,31+,32-/m1/s1. The molecule has 3 nitrogen and oxygen atoms in total. The SMILES string of the molecule is C=C1/C(=C\C=C2/CCC[C@@]3(C)C2CCC3[C@H](C)/C=C/C(C)=C/C(O)(CCC)CCC)C[C@@H](O)C[C@@H]1O. The fourth-order valence-corrected chi connectivity index (χ4v) is 7.65. The molecule has 36 heavy (non-hydrogen) atoms. The molecule has 3 rings (SSSR count). The summed E-state index contributed by atoms with van der Waals surface area (Å²) in [4.78, 5) is 0. The molecule has 6 atom stereocenters. The lowest BCUT2D eigenvalue weighted by Gasteiger charge is -2.44. The number of hydrogen-bond donors (Lipinski definition) is 3. The van der Waals surface area contributed by atoms with Crippen LogP contribution in [0.4, 0.5) is 0 Å². The maximum atomic E-state index is 11.0. The third-order valence-corrected chi connectivity index (χ3v) is 9.46. The highest BCUT2D eigenvalue weighted by molar-refractivity contribution is 5.38. The van der Waals surface area contributed by atoms with E-state index < -0.39 is 17.8 Å². The Morgan fingerprint density at radius 2 is 1.86 bits per heavy atom. The van der Waals surface area contributed by atoms with Crippen LogP contribution in [0.3, 0.4) is 0 Å². The first-order chi connectivity index (χ1) is 17.0. The summed E-state index contributed by atoms with van der Waals surface area (Å²) in [5.74, 6) is 1.75. The van der Waals surface area contributed by atoms with Crippen LogP contribution in [0.15, 0.2) is 59.3 Å². The highest BCUT2D eigenvalue weighted by Crippen LogP contribution is 2.59. The van der Waals surface area contributed by atoms with E-state index in [2.05, 4.69) is 71.6 Å². The Labute approximate surface area is 220 Å². The van der Waals surface area contributed by atoms with Crippen LogP contribution in [0.5, 0.6) is 0 Å². The van der Waals surface area contributed by atoms with Crippen molar-refractivity contribution in [2.24, 2.45) is 23.2 Å². The molecule has 3 N–H and O–H groups in total. The van der Waals surface area contributed by atoms with E-state index in [9.17, 15) is 15.3 Å². The maximum Gasteiger partial charge on any atom is 0.0833 e. The third-order valence-electron chi connectivity index (χ3n) is 9.46. The summed E-state index contributed by atoms with van der Waals surface area (Å²) < 4.78 is 0. The van der Waals surface area contributed by atoms with E-state index in [1.165, 1.54) is 36.8 Å². The number of fused-ring (bicyclic) bond motifs is 1. The average molecular weight is 497 g/mol. The van der Waals surface area contributed by atoms with Crippen LogP contribution in [-0.2, 0) is 0 Å². The Balaban J connectivity index is 1.73. The van der Waals surface area contributed by atoms with E-state index in [4.69, 9.17) is 0 Å². The van der Waals surface area contributed by atoms with Gasteiger partial charge in [0, 0.05) is 6.42 Å². The van der Waals surface area contributed by atoms with Crippen molar-refractivity contribution in [3.63, 3.8) is 0 Å². The molecule has 3 heteroatoms. The molecule has 0 aromatic heterocycles. The number of aliphatic hydroxyl groups excluding tert-OH is 2. The monoisotopic (exact) mass is 496 g/mol. The topological polar surface area (TPSA) is 60.7 Å². The van der Waals surface area contributed by atoms with Crippen LogP contribution in [-0.4, -0.2) is 33.1 Å². The van der Waals surface area contributed by atoms with Gasteiger partial charge in [0.05, 0.1) is 17.8 Å². The second kappa shape index (κ2) is 12.4. The Hall–Kier alpha value is -1.42. The quantitative estimate of drug-likeness (QED) is 0.288. The number of allylic oxidation sites excluding steroid dienone is 6. The molecular formula is C33H52O3. The van der Waals surface area contributed by atoms with Gasteiger partial charge in [-0.1, -0.05) is 88.6 Å². The van der Waals surface area contributed by atoms with Crippen LogP contribution in [0.2, 0.25) is 0 Å². The summed E-state index contributed by atoms with van der Waals surface area (Å²) >= 11 is 0. The molecule has 0 saturated heterocycles. The Morgan fingerprint density at radius 1 is 1.17 bits per heavy atom. The van der Waals surface area contributed by atoms with Crippen molar-refractivity contribution in [2.75, 3.05) is 0 Å². The van der Waals surface area contributed by atoms with Crippen molar-refractivity contribution in [1.29, 1.82) is 0 Å². The first-order valence-electron chi connectivity index (χ1n) is 14.6. The van der Waals surface area contributed by atoms with E-state index in [1.807, 2.05) is 0 Å². The fourth-order valence-electron chi connectivity index (χ4n) is 7.65. The summed E-state index contributed by atoms with van der Waals surface area (Å²) in [7, 11) is 0. The van der Waals surface area contributed by atoms with Crippen LogP contribution in [0, 0.1) is 23.2 Å². The molecule has 0 radical (unpaired) electrons. The third kappa shape index (κ3) is 6.71. The molecule has 0 aliphatic heterocycles. The zero-order valence-electron chi connectivity index (χ0n) is 23.6. The van der Waals surface area contributed by atoms with Crippen molar-refractivity contribution < 1.29 is 15.3 Å². The second-order valence-electron chi connectivity index (χ2n) is 12.4. The number of rotatable bonds is 9. The molecule has 0 heterocycles. The van der Waals surface area contributed by atoms with Crippen molar-refractivity contribution in [1.82, 2.24) is 0 Å². The zero-order chi connectivity index (χ0) is 26.5. The molecule has 3 saturated carbocycles. The van der Waals surface area contributed by atoms with Crippen LogP contribution >= 0.6 is 0 Å². The minimum absolute atomic E-state index is 0.303. The van der Waals surface area contributed by atoms with Crippen LogP contribution in [0.1, 0.15) is 105 Å². The van der Waals surface area contributed by atoms with Gasteiger partial charge in [0.1, 0.15) is 0 Å². The Morgan fingerprint density at radius 3 is 2.53 bits per heavy atom. The van der Waals surface area contributed by atoms with E-state index in [-0.39, 0.29) is 0 Å². The molecule has 0 aromatic carbocycles. The summed E-state index contributed by atoms with van der Waals surface area (Å²) in [6, 6.07) is 0. The van der Waals surface area contributed by atoms with Gasteiger partial charge < -0.3 is 15.3 Å². The number of aliphatic hydroxyl groups is 3. The van der Waals surface area contributed by atoms with Gasteiger partial charge in [0.25, 0.3) is 0 Å². The summed E-state index contributed by atoms with van der Waals surface area (Å²) in [6.45, 7) is 15.4. The van der Waals surface area contributed by atoms with Gasteiger partial charge in [0.2, 0.25) is 0 Å². The fraction of sp³-hybridized carbons (Fsp3) is 0.697. The average Bonchev–Trinajstić information content (AvgIpc) is 3.16. The molecule has 3 aliphatic rings. The first kappa shape index (κ1) is 29.1. The normalized spacial score (nSPS) is 35.1. The highest BCUT2D eigenvalue weighted by Gasteiger charge is 2.50. The summed E-state index contributed by atoms with van der Waals surface area (Å²) in [5.41, 5.74) is 4.10. The predicted molar refractivity (Wildman–Crippen MR) is 152 cm³/mol. The molecule has 202 valence electrons. The highest BCUT2D eigenvalue weighted by atomic mass is 16.3. The molecule has 0 bridgehead atoms. The van der Waals surface area contributed by atoms with E-state index in [1.54, 1.807) is 0 Å². The Bertz CT molecular complexity index is 885. The van der Waals surface area contributed by atoms with Crippen molar-refractivity contribution in [2.45, 2.75) is 123 Å². The molecule has 3 fully saturated rings. The second-order valence-corrected chi connectivity index (χ2v) is 12.4. The minimum atomic E-state index is -0.682. The molecule has 0 amide bonds. The summed E-state index contributed by atoms with van der Waals surface area (Å²) in [6.07, 6.45) is 20.8. The van der Waals surface area contributed by atoms with Gasteiger partial charge in [-0.05, 0) is 92.6 Å². The largest absolute Gasteiger partial charge is 0.393 e. The van der Waals surface area contributed by atoms with Crippen molar-refractivity contribution in [3.05, 3.63) is 59.3 Å². The van der Waals surface area contributed by atoms with Gasteiger partial charge in [-0.15, -0.1) is 0 Å². The smallest absolute Gasteiger partial charge is 0.0833 e. The molecule has 0 aromatic rings. The maximum absolute atomic E-state index is 11.0. The van der Waals surface area contributed by atoms with Crippen LogP contribution in [0.25, 0.3) is 0 Å². The van der Waals surface area contributed by atoms with Gasteiger partial charge in [-0.2, -0.15) is 0 Å². The first-order valence-corrected chi connectivity index (χ1v) is 14.6. The zero-order valence-corrected chi connectivity index (χ0v) is 23.6. The Kier molecular flexibility index (Phi) is 10.1. The van der Waals surface area contributed by atoms with E-state index in [0.717, 1.165) is 43.3 Å². The lowest BCUT2D eigenvalue weighted by molar-refractivity contribution is 0.0700. The molecule has 3 aliphatic carbocycles. The van der Waals surface area contributed by atoms with Crippen LogP contribution < -0.4 is 0 Å². The van der Waals surface area contributed by atoms with Crippen molar-refractivity contribution in [3.8, 4) is 0 Å². The predicted octanol–water partition coefficient (Wildman–Crippen LogP) is 7.60. The number of hydrogen-bond acceptors (Lipinski definition) is 3. The van der Waals surface area contributed by atoms with E-state index >= 15 is 0 Å². The molecule has 2 unspecified atom stereocenters. The van der Waals surface area contributed by atoms with Gasteiger partial charge in [-0.3, -0.25) is 0 Å². The molecular weight excluding hydrogens is 444 g/mol. The van der Waals surface area contributed by atoms with Crippen molar-refractivity contribution >= 4 is 0 Å². The lowest BCUT2D eigenvalue weighted by atomic mass is 9.61. The van der Waals surface area contributed by atoms with Gasteiger partial charge in [0.15, 0.2) is 0 Å². The molecule has 0 spiro atoms. The summed E-state index contributed by atoms with van der Waals surface area (Å²) in [5, 5.41) is 31.3.